The number of carbonyl (C=O) groups excluding carboxylic acids is 2. The Hall–Kier alpha value is -3.02. The predicted molar refractivity (Wildman–Crippen MR) is 106 cm³/mol. The molecule has 1 unspecified atom stereocenters. The van der Waals surface area contributed by atoms with Crippen molar-refractivity contribution in [2.75, 3.05) is 26.3 Å². The van der Waals surface area contributed by atoms with E-state index >= 15 is 0 Å². The molecule has 1 amide bonds. The highest BCUT2D eigenvalue weighted by molar-refractivity contribution is 6.32. The van der Waals surface area contributed by atoms with Gasteiger partial charge >= 0.3 is 12.1 Å². The highest BCUT2D eigenvalue weighted by Gasteiger charge is 2.49. The molecule has 176 valence electrons. The van der Waals surface area contributed by atoms with Crippen LogP contribution in [0.5, 0.6) is 5.75 Å². The molecular formula is C19H20ClF3N2O7. The molecule has 0 bridgehead atoms. The van der Waals surface area contributed by atoms with E-state index in [-0.39, 0.29) is 24.4 Å². The van der Waals surface area contributed by atoms with Crippen molar-refractivity contribution in [3.8, 4) is 5.75 Å². The Kier molecular flexibility index (Phi) is 7.94. The number of hydrogen-bond acceptors (Lipinski definition) is 7. The number of alkyl halides is 3. The van der Waals surface area contributed by atoms with Gasteiger partial charge in [0.2, 0.25) is 12.0 Å². The molecule has 0 saturated carbocycles. The number of nitrogens with zero attached hydrogens (tertiary/aromatic N) is 2. The van der Waals surface area contributed by atoms with Crippen LogP contribution in [0.4, 0.5) is 13.2 Å². The van der Waals surface area contributed by atoms with Crippen LogP contribution in [0.25, 0.3) is 6.08 Å². The summed E-state index contributed by atoms with van der Waals surface area (Å²) in [5, 5.41) is 9.48. The second-order valence-electron chi connectivity index (χ2n) is 6.88. The average Bonchev–Trinajstić information content (AvgIpc) is 2.69. The molecule has 0 saturated heterocycles. The lowest BCUT2D eigenvalue weighted by molar-refractivity contribution is -0.757. The van der Waals surface area contributed by atoms with Gasteiger partial charge < -0.3 is 19.2 Å². The molecule has 0 N–H and O–H groups in total. The second-order valence-corrected chi connectivity index (χ2v) is 7.26. The van der Waals surface area contributed by atoms with Gasteiger partial charge in [-0.05, 0) is 37.1 Å². The van der Waals surface area contributed by atoms with Gasteiger partial charge in [0.1, 0.15) is 19.0 Å². The van der Waals surface area contributed by atoms with Gasteiger partial charge in [0.25, 0.3) is 5.09 Å². The molecule has 1 aromatic carbocycles. The largest absolute Gasteiger partial charge is 0.475 e. The zero-order chi connectivity index (χ0) is 24.2. The average molecular weight is 481 g/mol. The van der Waals surface area contributed by atoms with Crippen LogP contribution in [-0.4, -0.2) is 60.4 Å². The highest BCUT2D eigenvalue weighted by Crippen LogP contribution is 2.41. The smallest absolute Gasteiger partial charge is 0.430 e. The Balaban J connectivity index is 2.18. The standard InChI is InChI=1S/C19H20ClF3N2O7/c1-10-8-15-13(11(2)16(10)20)9-14(17(32-15)19(21,22)23)18(27)30-6-4-24(12(3)26)5-7-31-25(28)29/h8-9,17H,4-7H2,1-3H3. The molecule has 0 aromatic heterocycles. The van der Waals surface area contributed by atoms with Crippen LogP contribution in [0, 0.1) is 24.0 Å². The molecule has 1 aromatic rings. The molecule has 1 aliphatic heterocycles. The normalized spacial score (nSPS) is 15.2. The molecule has 1 atom stereocenters. The van der Waals surface area contributed by atoms with Gasteiger partial charge in [-0.25, -0.2) is 4.79 Å². The molecule has 0 aliphatic carbocycles. The number of halogens is 4. The summed E-state index contributed by atoms with van der Waals surface area (Å²) in [6, 6.07) is 1.36. The molecule has 0 spiro atoms. The third-order valence-electron chi connectivity index (χ3n) is 4.65. The molecule has 9 nitrogen and oxygen atoms in total. The summed E-state index contributed by atoms with van der Waals surface area (Å²) >= 11 is 6.16. The van der Waals surface area contributed by atoms with E-state index < -0.39 is 48.0 Å². The number of fused-ring (bicyclic) bond motifs is 1. The summed E-state index contributed by atoms with van der Waals surface area (Å²) in [6.45, 7) is 3.15. The van der Waals surface area contributed by atoms with E-state index in [4.69, 9.17) is 21.1 Å². The zero-order valence-corrected chi connectivity index (χ0v) is 18.1. The molecule has 13 heteroatoms. The van der Waals surface area contributed by atoms with Crippen LogP contribution in [0.1, 0.15) is 23.6 Å². The number of esters is 1. The molecule has 0 fully saturated rings. The van der Waals surface area contributed by atoms with Crippen LogP contribution < -0.4 is 4.74 Å². The number of rotatable bonds is 8. The summed E-state index contributed by atoms with van der Waals surface area (Å²) in [4.78, 5) is 39.4. The van der Waals surface area contributed by atoms with Crippen LogP contribution in [0.3, 0.4) is 0 Å². The molecular weight excluding hydrogens is 461 g/mol. The zero-order valence-electron chi connectivity index (χ0n) is 17.3. The minimum Gasteiger partial charge on any atom is -0.475 e. The molecule has 32 heavy (non-hydrogen) atoms. The Morgan fingerprint density at radius 1 is 1.28 bits per heavy atom. The van der Waals surface area contributed by atoms with E-state index in [0.29, 0.717) is 16.1 Å². The predicted octanol–water partition coefficient (Wildman–Crippen LogP) is 3.26. The van der Waals surface area contributed by atoms with Gasteiger partial charge in [0.05, 0.1) is 12.1 Å². The first-order chi connectivity index (χ1) is 14.8. The van der Waals surface area contributed by atoms with Crippen molar-refractivity contribution in [2.45, 2.75) is 33.1 Å². The van der Waals surface area contributed by atoms with Crippen LogP contribution in [0.2, 0.25) is 5.02 Å². The van der Waals surface area contributed by atoms with E-state index in [0.717, 1.165) is 11.0 Å². The quantitative estimate of drug-likeness (QED) is 0.319. The number of amides is 1. The maximum atomic E-state index is 13.6. The highest BCUT2D eigenvalue weighted by atomic mass is 35.5. The first-order valence-electron chi connectivity index (χ1n) is 9.27. The summed E-state index contributed by atoms with van der Waals surface area (Å²) in [5.74, 6) is -1.83. The lowest BCUT2D eigenvalue weighted by Crippen LogP contribution is -2.41. The van der Waals surface area contributed by atoms with Crippen molar-refractivity contribution < 1.29 is 42.2 Å². The van der Waals surface area contributed by atoms with Crippen molar-refractivity contribution in [3.05, 3.63) is 43.5 Å². The SMILES string of the molecule is CC(=O)N(CCOC(=O)C1=Cc2c(cc(C)c(Cl)c2C)OC1C(F)(F)F)CCO[N+](=O)[O-]. The van der Waals surface area contributed by atoms with Crippen molar-refractivity contribution in [2.24, 2.45) is 0 Å². The Labute approximate surface area is 185 Å². The van der Waals surface area contributed by atoms with E-state index in [1.807, 2.05) is 0 Å². The van der Waals surface area contributed by atoms with Crippen LogP contribution >= 0.6 is 11.6 Å². The first kappa shape index (κ1) is 25.2. The second kappa shape index (κ2) is 10.1. The topological polar surface area (TPSA) is 108 Å². The van der Waals surface area contributed by atoms with Crippen molar-refractivity contribution in [3.63, 3.8) is 0 Å². The van der Waals surface area contributed by atoms with Gasteiger partial charge in [-0.1, -0.05) is 11.6 Å². The number of ether oxygens (including phenoxy) is 2. The lowest BCUT2D eigenvalue weighted by atomic mass is 9.96. The van der Waals surface area contributed by atoms with Gasteiger partial charge in [-0.3, -0.25) is 4.79 Å². The number of hydrogen-bond donors (Lipinski definition) is 0. The van der Waals surface area contributed by atoms with E-state index in [2.05, 4.69) is 4.84 Å². The summed E-state index contributed by atoms with van der Waals surface area (Å²) in [7, 11) is 0. The van der Waals surface area contributed by atoms with Gasteiger partial charge in [-0.2, -0.15) is 13.2 Å². The summed E-state index contributed by atoms with van der Waals surface area (Å²) < 4.78 is 50.7. The van der Waals surface area contributed by atoms with Crippen molar-refractivity contribution >= 4 is 29.6 Å². The van der Waals surface area contributed by atoms with E-state index in [9.17, 15) is 32.9 Å². The fourth-order valence-corrected chi connectivity index (χ4v) is 3.18. The van der Waals surface area contributed by atoms with E-state index in [1.165, 1.54) is 13.0 Å². The maximum absolute atomic E-state index is 13.6. The van der Waals surface area contributed by atoms with Gasteiger partial charge in [0, 0.05) is 24.1 Å². The molecule has 1 heterocycles. The Bertz CT molecular complexity index is 950. The van der Waals surface area contributed by atoms with Crippen LogP contribution in [0.15, 0.2) is 11.6 Å². The third kappa shape index (κ3) is 6.02. The summed E-state index contributed by atoms with van der Waals surface area (Å²) in [5.41, 5.74) is 0.434. The Morgan fingerprint density at radius 3 is 2.47 bits per heavy atom. The monoisotopic (exact) mass is 480 g/mol. The van der Waals surface area contributed by atoms with E-state index in [1.54, 1.807) is 13.8 Å². The third-order valence-corrected chi connectivity index (χ3v) is 5.23. The fraction of sp³-hybridized carbons (Fsp3) is 0.474. The Morgan fingerprint density at radius 2 is 1.91 bits per heavy atom. The minimum atomic E-state index is -4.89. The first-order valence-corrected chi connectivity index (χ1v) is 9.65. The molecule has 0 radical (unpaired) electrons. The summed E-state index contributed by atoms with van der Waals surface area (Å²) in [6.07, 6.45) is -6.40. The minimum absolute atomic E-state index is 0.0585. The van der Waals surface area contributed by atoms with Crippen molar-refractivity contribution in [1.82, 2.24) is 4.90 Å². The van der Waals surface area contributed by atoms with Crippen molar-refractivity contribution in [1.29, 1.82) is 0 Å². The number of benzene rings is 1. The lowest BCUT2D eigenvalue weighted by Gasteiger charge is -2.29. The van der Waals surface area contributed by atoms with Gasteiger partial charge in [0.15, 0.2) is 0 Å². The maximum Gasteiger partial charge on any atom is 0.430 e. The van der Waals surface area contributed by atoms with Crippen LogP contribution in [-0.2, 0) is 19.2 Å². The molecule has 1 aliphatic rings. The van der Waals surface area contributed by atoms with Gasteiger partial charge in [-0.15, -0.1) is 10.1 Å². The fourth-order valence-electron chi connectivity index (χ4n) is 3.03. The molecule has 2 rings (SSSR count). The number of aryl methyl sites for hydroxylation is 1. The number of carbonyl (C=O) groups is 2.